The number of amides is 1. The second-order valence-corrected chi connectivity index (χ2v) is 14.7. The number of carbonyl (C=O) groups is 2. The summed E-state index contributed by atoms with van der Waals surface area (Å²) in [5.41, 5.74) is 0. The third-order valence-electron chi connectivity index (χ3n) is 9.81. The van der Waals surface area contributed by atoms with Crippen molar-refractivity contribution in [3.63, 3.8) is 0 Å². The van der Waals surface area contributed by atoms with Crippen molar-refractivity contribution in [3.8, 4) is 0 Å². The molecule has 0 aromatic heterocycles. The van der Waals surface area contributed by atoms with Gasteiger partial charge in [0.2, 0.25) is 5.91 Å². The van der Waals surface area contributed by atoms with E-state index in [0.29, 0.717) is 25.9 Å². The summed E-state index contributed by atoms with van der Waals surface area (Å²) in [5, 5.41) is 23.0. The maximum Gasteiger partial charge on any atom is 0.305 e. The highest BCUT2D eigenvalue weighted by Crippen LogP contribution is 2.15. The van der Waals surface area contributed by atoms with Crippen LogP contribution in [-0.2, 0) is 14.3 Å². The first-order valence-corrected chi connectivity index (χ1v) is 21.4. The lowest BCUT2D eigenvalue weighted by atomic mass is 10.0. The molecule has 1 amide bonds. The highest BCUT2D eigenvalue weighted by molar-refractivity contribution is 5.76. The van der Waals surface area contributed by atoms with E-state index in [0.717, 1.165) is 57.8 Å². The minimum absolute atomic E-state index is 0.0255. The van der Waals surface area contributed by atoms with E-state index < -0.39 is 12.1 Å². The van der Waals surface area contributed by atoms with Crippen molar-refractivity contribution < 1.29 is 24.5 Å². The smallest absolute Gasteiger partial charge is 0.305 e. The fourth-order valence-corrected chi connectivity index (χ4v) is 6.44. The molecule has 6 heteroatoms. The molecule has 3 N–H and O–H groups in total. The van der Waals surface area contributed by atoms with E-state index in [1.807, 2.05) is 0 Å². The highest BCUT2D eigenvalue weighted by Gasteiger charge is 2.20. The summed E-state index contributed by atoms with van der Waals surface area (Å²) in [5.74, 6) is -0.0825. The molecule has 0 radical (unpaired) electrons. The Labute approximate surface area is 304 Å². The van der Waals surface area contributed by atoms with Crippen LogP contribution in [0.3, 0.4) is 0 Å². The zero-order chi connectivity index (χ0) is 35.9. The summed E-state index contributed by atoms with van der Waals surface area (Å²) < 4.78 is 5.42. The quantitative estimate of drug-likeness (QED) is 0.0338. The Kier molecular flexibility index (Phi) is 38.3. The number of hydrogen-bond donors (Lipinski definition) is 3. The van der Waals surface area contributed by atoms with Crippen LogP contribution in [0, 0.1) is 0 Å². The van der Waals surface area contributed by atoms with Gasteiger partial charge < -0.3 is 20.3 Å². The molecule has 0 aliphatic heterocycles. The van der Waals surface area contributed by atoms with Gasteiger partial charge in [-0.25, -0.2) is 0 Å². The standard InChI is InChI=1S/C43H83NO5/c1-3-5-7-9-11-13-16-21-25-29-33-37-43(48)49-38-34-30-26-22-18-15-17-20-24-28-32-36-42(47)44-40(39-45)41(46)35-31-27-23-19-14-12-10-8-6-4-2/h9,11,40-41,45-46H,3-8,10,12-39H2,1-2H3,(H,44,47)/b11-9-. The molecule has 0 heterocycles. The van der Waals surface area contributed by atoms with Crippen molar-refractivity contribution >= 4 is 11.9 Å². The number of aliphatic hydroxyl groups excluding tert-OH is 2. The van der Waals surface area contributed by atoms with E-state index in [9.17, 15) is 19.8 Å². The van der Waals surface area contributed by atoms with Crippen LogP contribution in [0.15, 0.2) is 12.2 Å². The molecule has 49 heavy (non-hydrogen) atoms. The van der Waals surface area contributed by atoms with Crippen LogP contribution in [0.1, 0.15) is 226 Å². The number of ether oxygens (including phenoxy) is 1. The fraction of sp³-hybridized carbons (Fsp3) is 0.907. The molecule has 0 aromatic rings. The summed E-state index contributed by atoms with van der Waals surface area (Å²) in [4.78, 5) is 24.3. The van der Waals surface area contributed by atoms with Crippen LogP contribution < -0.4 is 5.32 Å². The highest BCUT2D eigenvalue weighted by atomic mass is 16.5. The average molecular weight is 694 g/mol. The molecule has 0 saturated carbocycles. The van der Waals surface area contributed by atoms with Crippen LogP contribution in [0.25, 0.3) is 0 Å². The van der Waals surface area contributed by atoms with E-state index in [-0.39, 0.29) is 18.5 Å². The Morgan fingerprint density at radius 1 is 0.551 bits per heavy atom. The van der Waals surface area contributed by atoms with Crippen LogP contribution in [0.4, 0.5) is 0 Å². The number of nitrogens with one attached hydrogen (secondary N) is 1. The van der Waals surface area contributed by atoms with Crippen molar-refractivity contribution in [2.45, 2.75) is 238 Å². The lowest BCUT2D eigenvalue weighted by Crippen LogP contribution is -2.45. The number of carbonyl (C=O) groups excluding carboxylic acids is 2. The summed E-state index contributed by atoms with van der Waals surface area (Å²) in [7, 11) is 0. The molecule has 2 atom stereocenters. The number of allylic oxidation sites excluding steroid dienone is 2. The summed E-state index contributed by atoms with van der Waals surface area (Å²) in [6.07, 6.45) is 41.6. The maximum atomic E-state index is 12.4. The van der Waals surface area contributed by atoms with Gasteiger partial charge >= 0.3 is 5.97 Å². The monoisotopic (exact) mass is 694 g/mol. The lowest BCUT2D eigenvalue weighted by Gasteiger charge is -2.22. The molecule has 0 aliphatic carbocycles. The minimum atomic E-state index is -0.673. The normalized spacial score (nSPS) is 12.8. The number of aliphatic hydroxyl groups is 2. The second kappa shape index (κ2) is 39.4. The van der Waals surface area contributed by atoms with Crippen molar-refractivity contribution in [3.05, 3.63) is 12.2 Å². The topological polar surface area (TPSA) is 95.9 Å². The van der Waals surface area contributed by atoms with Gasteiger partial charge in [0, 0.05) is 12.8 Å². The third kappa shape index (κ3) is 36.2. The molecule has 0 spiro atoms. The first-order chi connectivity index (χ1) is 24.0. The van der Waals surface area contributed by atoms with Gasteiger partial charge in [0.1, 0.15) is 0 Å². The van der Waals surface area contributed by atoms with Gasteiger partial charge in [-0.1, -0.05) is 180 Å². The average Bonchev–Trinajstić information content (AvgIpc) is 3.10. The summed E-state index contributed by atoms with van der Waals surface area (Å²) in [6.45, 7) is 4.84. The van der Waals surface area contributed by atoms with Gasteiger partial charge in [-0.05, 0) is 44.9 Å². The van der Waals surface area contributed by atoms with E-state index in [1.165, 1.54) is 135 Å². The van der Waals surface area contributed by atoms with Crippen LogP contribution in [0.5, 0.6) is 0 Å². The molecule has 2 unspecified atom stereocenters. The van der Waals surface area contributed by atoms with Crippen LogP contribution in [0.2, 0.25) is 0 Å². The Morgan fingerprint density at radius 2 is 0.980 bits per heavy atom. The van der Waals surface area contributed by atoms with Crippen LogP contribution in [-0.4, -0.2) is 47.4 Å². The third-order valence-corrected chi connectivity index (χ3v) is 9.81. The van der Waals surface area contributed by atoms with Gasteiger partial charge in [-0.3, -0.25) is 9.59 Å². The van der Waals surface area contributed by atoms with Crippen molar-refractivity contribution in [2.24, 2.45) is 0 Å². The van der Waals surface area contributed by atoms with Gasteiger partial charge in [-0.2, -0.15) is 0 Å². The van der Waals surface area contributed by atoms with Crippen molar-refractivity contribution in [1.29, 1.82) is 0 Å². The molecule has 0 bridgehead atoms. The van der Waals surface area contributed by atoms with Gasteiger partial charge in [0.15, 0.2) is 0 Å². The summed E-state index contributed by atoms with van der Waals surface area (Å²) in [6, 6.07) is -0.552. The van der Waals surface area contributed by atoms with Gasteiger partial charge in [0.25, 0.3) is 0 Å². The Bertz CT molecular complexity index is 727. The molecule has 0 rings (SSSR count). The zero-order valence-corrected chi connectivity index (χ0v) is 32.7. The number of unbranched alkanes of at least 4 members (excludes halogenated alkanes) is 26. The maximum absolute atomic E-state index is 12.4. The second-order valence-electron chi connectivity index (χ2n) is 14.7. The number of rotatable bonds is 39. The predicted molar refractivity (Wildman–Crippen MR) is 209 cm³/mol. The SMILES string of the molecule is CCCC/C=C\CCCCCCCC(=O)OCCCCCCCCCCCCCC(=O)NC(CO)C(O)CCCCCCCCCCCC. The largest absolute Gasteiger partial charge is 0.466 e. The first kappa shape index (κ1) is 47.6. The molecule has 290 valence electrons. The zero-order valence-electron chi connectivity index (χ0n) is 32.7. The van der Waals surface area contributed by atoms with Gasteiger partial charge in [0.05, 0.1) is 25.4 Å². The van der Waals surface area contributed by atoms with Crippen molar-refractivity contribution in [1.82, 2.24) is 5.32 Å². The molecule has 6 nitrogen and oxygen atoms in total. The fourth-order valence-electron chi connectivity index (χ4n) is 6.44. The molecular formula is C43H83NO5. The van der Waals surface area contributed by atoms with E-state index in [2.05, 4.69) is 31.3 Å². The van der Waals surface area contributed by atoms with Crippen molar-refractivity contribution in [2.75, 3.05) is 13.2 Å². The molecule has 0 fully saturated rings. The molecular weight excluding hydrogens is 610 g/mol. The number of esters is 1. The minimum Gasteiger partial charge on any atom is -0.466 e. The first-order valence-electron chi connectivity index (χ1n) is 21.4. The van der Waals surface area contributed by atoms with Crippen LogP contribution >= 0.6 is 0 Å². The Morgan fingerprint density at radius 3 is 1.51 bits per heavy atom. The van der Waals surface area contributed by atoms with E-state index in [4.69, 9.17) is 4.74 Å². The van der Waals surface area contributed by atoms with E-state index in [1.54, 1.807) is 0 Å². The Hall–Kier alpha value is -1.40. The lowest BCUT2D eigenvalue weighted by molar-refractivity contribution is -0.143. The predicted octanol–water partition coefficient (Wildman–Crippen LogP) is 11.8. The van der Waals surface area contributed by atoms with E-state index >= 15 is 0 Å². The number of hydrogen-bond acceptors (Lipinski definition) is 5. The molecule has 0 aromatic carbocycles. The molecule has 0 aliphatic rings. The summed E-state index contributed by atoms with van der Waals surface area (Å²) >= 11 is 0. The molecule has 0 saturated heterocycles. The Balaban J connectivity index is 3.48. The van der Waals surface area contributed by atoms with Gasteiger partial charge in [-0.15, -0.1) is 0 Å².